The van der Waals surface area contributed by atoms with Crippen LogP contribution in [-0.2, 0) is 4.79 Å². The maximum atomic E-state index is 13.1. The third-order valence-electron chi connectivity index (χ3n) is 3.44. The smallest absolute Gasteiger partial charge is 0.244 e. The Morgan fingerprint density at radius 3 is 3.00 bits per heavy atom. The number of amides is 1. The molecule has 0 bridgehead atoms. The first-order chi connectivity index (χ1) is 8.66. The average molecular weight is 250 g/mol. The number of hydrogen-bond acceptors (Lipinski definition) is 2. The number of carbonyl (C=O) groups excluding carboxylic acids is 1. The van der Waals surface area contributed by atoms with E-state index in [9.17, 15) is 9.18 Å². The number of anilines is 1. The molecule has 1 aromatic rings. The molecule has 0 spiro atoms. The van der Waals surface area contributed by atoms with Crippen LogP contribution in [0.2, 0.25) is 0 Å². The Kier molecular flexibility index (Phi) is 3.97. The summed E-state index contributed by atoms with van der Waals surface area (Å²) < 4.78 is 13.1. The molecule has 0 radical (unpaired) electrons. The Morgan fingerprint density at radius 2 is 2.39 bits per heavy atom. The van der Waals surface area contributed by atoms with Crippen molar-refractivity contribution >= 4 is 11.6 Å². The zero-order valence-electron chi connectivity index (χ0n) is 10.6. The van der Waals surface area contributed by atoms with Gasteiger partial charge in [-0.1, -0.05) is 19.4 Å². The van der Waals surface area contributed by atoms with Crippen molar-refractivity contribution in [1.82, 2.24) is 5.32 Å². The second-order valence-electron chi connectivity index (χ2n) is 4.83. The molecule has 3 nitrogen and oxygen atoms in total. The number of carbonyl (C=O) groups is 1. The largest absolute Gasteiger partial charge is 0.324 e. The van der Waals surface area contributed by atoms with Gasteiger partial charge >= 0.3 is 0 Å². The highest BCUT2D eigenvalue weighted by Crippen LogP contribution is 2.26. The van der Waals surface area contributed by atoms with Crippen LogP contribution in [0.25, 0.3) is 0 Å². The third-order valence-corrected chi connectivity index (χ3v) is 3.44. The molecule has 1 aromatic carbocycles. The van der Waals surface area contributed by atoms with Crippen LogP contribution in [0.4, 0.5) is 10.1 Å². The zero-order valence-corrected chi connectivity index (χ0v) is 10.6. The third kappa shape index (κ3) is 2.70. The lowest BCUT2D eigenvalue weighted by Crippen LogP contribution is -2.50. The summed E-state index contributed by atoms with van der Waals surface area (Å²) in [4.78, 5) is 12.3. The average Bonchev–Trinajstić information content (AvgIpc) is 2.79. The van der Waals surface area contributed by atoms with Gasteiger partial charge in [-0.3, -0.25) is 4.79 Å². The van der Waals surface area contributed by atoms with E-state index in [4.69, 9.17) is 0 Å². The van der Waals surface area contributed by atoms with Crippen molar-refractivity contribution in [3.8, 4) is 0 Å². The minimum atomic E-state index is -0.471. The molecular formula is C14H19FN2O. The molecule has 0 aromatic heterocycles. The van der Waals surface area contributed by atoms with Crippen LogP contribution >= 0.6 is 0 Å². The van der Waals surface area contributed by atoms with E-state index in [-0.39, 0.29) is 11.7 Å². The number of hydrogen-bond donors (Lipinski definition) is 2. The van der Waals surface area contributed by atoms with Gasteiger partial charge in [0, 0.05) is 5.69 Å². The monoisotopic (exact) mass is 250 g/mol. The first-order valence-electron chi connectivity index (χ1n) is 6.48. The Hall–Kier alpha value is -1.42. The van der Waals surface area contributed by atoms with Gasteiger partial charge in [0.15, 0.2) is 0 Å². The maximum absolute atomic E-state index is 13.1. The minimum Gasteiger partial charge on any atom is -0.324 e. The molecule has 2 rings (SSSR count). The van der Waals surface area contributed by atoms with Crippen molar-refractivity contribution in [3.63, 3.8) is 0 Å². The van der Waals surface area contributed by atoms with Crippen molar-refractivity contribution in [1.29, 1.82) is 0 Å². The first-order valence-corrected chi connectivity index (χ1v) is 6.48. The molecule has 0 saturated carbocycles. The quantitative estimate of drug-likeness (QED) is 0.862. The van der Waals surface area contributed by atoms with E-state index in [1.807, 2.05) is 0 Å². The number of nitrogens with one attached hydrogen (secondary N) is 2. The molecule has 2 N–H and O–H groups in total. The van der Waals surface area contributed by atoms with Crippen molar-refractivity contribution < 1.29 is 9.18 Å². The van der Waals surface area contributed by atoms with E-state index in [0.29, 0.717) is 5.69 Å². The van der Waals surface area contributed by atoms with Gasteiger partial charge in [-0.15, -0.1) is 0 Å². The highest BCUT2D eigenvalue weighted by atomic mass is 19.1. The van der Waals surface area contributed by atoms with Crippen LogP contribution in [0.1, 0.15) is 32.6 Å². The number of benzene rings is 1. The van der Waals surface area contributed by atoms with Gasteiger partial charge < -0.3 is 10.6 Å². The van der Waals surface area contributed by atoms with Crippen molar-refractivity contribution in [2.45, 2.75) is 38.1 Å². The van der Waals surface area contributed by atoms with Crippen LogP contribution in [0.3, 0.4) is 0 Å². The second kappa shape index (κ2) is 5.48. The SMILES string of the molecule is CCCC1(C(=O)Nc2cccc(F)c2)CCCN1. The lowest BCUT2D eigenvalue weighted by atomic mass is 9.91. The van der Waals surface area contributed by atoms with Gasteiger partial charge in [-0.05, 0) is 44.0 Å². The van der Waals surface area contributed by atoms with Crippen LogP contribution in [0.15, 0.2) is 24.3 Å². The predicted molar refractivity (Wildman–Crippen MR) is 69.9 cm³/mol. The Morgan fingerprint density at radius 1 is 1.56 bits per heavy atom. The molecule has 1 unspecified atom stereocenters. The molecule has 1 saturated heterocycles. The van der Waals surface area contributed by atoms with E-state index < -0.39 is 5.54 Å². The lowest BCUT2D eigenvalue weighted by molar-refractivity contribution is -0.122. The number of halogens is 1. The summed E-state index contributed by atoms with van der Waals surface area (Å²) in [7, 11) is 0. The highest BCUT2D eigenvalue weighted by molar-refractivity contribution is 5.98. The molecular weight excluding hydrogens is 231 g/mol. The van der Waals surface area contributed by atoms with Crippen molar-refractivity contribution in [2.75, 3.05) is 11.9 Å². The van der Waals surface area contributed by atoms with Gasteiger partial charge in [-0.25, -0.2) is 4.39 Å². The molecule has 18 heavy (non-hydrogen) atoms. The maximum Gasteiger partial charge on any atom is 0.244 e. The predicted octanol–water partition coefficient (Wildman–Crippen LogP) is 2.69. The minimum absolute atomic E-state index is 0.0487. The molecule has 0 aliphatic carbocycles. The fraction of sp³-hybridized carbons (Fsp3) is 0.500. The van der Waals surface area contributed by atoms with Crippen molar-refractivity contribution in [3.05, 3.63) is 30.1 Å². The normalized spacial score (nSPS) is 23.0. The summed E-state index contributed by atoms with van der Waals surface area (Å²) in [6.07, 6.45) is 3.62. The lowest BCUT2D eigenvalue weighted by Gasteiger charge is -2.27. The Labute approximate surface area is 107 Å². The molecule has 1 fully saturated rings. The summed E-state index contributed by atoms with van der Waals surface area (Å²) in [5.74, 6) is -0.385. The molecule has 1 aliphatic heterocycles. The van der Waals surface area contributed by atoms with Crippen LogP contribution in [0, 0.1) is 5.82 Å². The first kappa shape index (κ1) is 13.0. The van der Waals surface area contributed by atoms with Crippen LogP contribution < -0.4 is 10.6 Å². The van der Waals surface area contributed by atoms with Crippen LogP contribution in [-0.4, -0.2) is 18.0 Å². The summed E-state index contributed by atoms with van der Waals surface area (Å²) >= 11 is 0. The Bertz CT molecular complexity index is 428. The van der Waals surface area contributed by atoms with E-state index >= 15 is 0 Å². The van der Waals surface area contributed by atoms with E-state index in [0.717, 1.165) is 32.2 Å². The summed E-state index contributed by atoms with van der Waals surface area (Å²) in [6, 6.07) is 6.01. The van der Waals surface area contributed by atoms with Gasteiger partial charge in [0.25, 0.3) is 0 Å². The zero-order chi connectivity index (χ0) is 13.0. The second-order valence-corrected chi connectivity index (χ2v) is 4.83. The Balaban J connectivity index is 2.10. The van der Waals surface area contributed by atoms with Gasteiger partial charge in [0.2, 0.25) is 5.91 Å². The standard InChI is InChI=1S/C14H19FN2O/c1-2-7-14(8-4-9-16-14)13(18)17-12-6-3-5-11(15)10-12/h3,5-6,10,16H,2,4,7-9H2,1H3,(H,17,18). The topological polar surface area (TPSA) is 41.1 Å². The molecule has 1 atom stereocenters. The summed E-state index contributed by atoms with van der Waals surface area (Å²) in [6.45, 7) is 2.94. The fourth-order valence-electron chi connectivity index (χ4n) is 2.57. The van der Waals surface area contributed by atoms with E-state index in [2.05, 4.69) is 17.6 Å². The fourth-order valence-corrected chi connectivity index (χ4v) is 2.57. The molecule has 98 valence electrons. The van der Waals surface area contributed by atoms with E-state index in [1.54, 1.807) is 12.1 Å². The van der Waals surface area contributed by atoms with Gasteiger partial charge in [0.05, 0.1) is 5.54 Å². The summed E-state index contributed by atoms with van der Waals surface area (Å²) in [5, 5.41) is 6.11. The van der Waals surface area contributed by atoms with Crippen LogP contribution in [0.5, 0.6) is 0 Å². The molecule has 1 amide bonds. The molecule has 1 heterocycles. The molecule has 1 aliphatic rings. The highest BCUT2D eigenvalue weighted by Gasteiger charge is 2.39. The van der Waals surface area contributed by atoms with Gasteiger partial charge in [-0.2, -0.15) is 0 Å². The summed E-state index contributed by atoms with van der Waals surface area (Å²) in [5.41, 5.74) is 0.0466. The van der Waals surface area contributed by atoms with E-state index in [1.165, 1.54) is 12.1 Å². The number of rotatable bonds is 4. The van der Waals surface area contributed by atoms with Gasteiger partial charge in [0.1, 0.15) is 5.82 Å². The molecule has 4 heteroatoms. The van der Waals surface area contributed by atoms with Crippen molar-refractivity contribution in [2.24, 2.45) is 0 Å².